The molecule has 1 fully saturated rings. The summed E-state index contributed by atoms with van der Waals surface area (Å²) in [5.74, 6) is 0. The maximum absolute atomic E-state index is 13.5. The van der Waals surface area contributed by atoms with Crippen LogP contribution in [-0.4, -0.2) is 43.5 Å². The Labute approximate surface area is 223 Å². The zero-order valence-electron chi connectivity index (χ0n) is 20.1. The normalized spacial score (nSPS) is 17.6. The van der Waals surface area contributed by atoms with E-state index in [1.165, 1.54) is 15.4 Å². The topological polar surface area (TPSA) is 108 Å². The number of aromatic nitrogens is 2. The maximum Gasteiger partial charge on any atom is 1.00 e. The van der Waals surface area contributed by atoms with Gasteiger partial charge in [0, 0.05) is 32.5 Å². The molecule has 0 unspecified atom stereocenters. The van der Waals surface area contributed by atoms with E-state index in [4.69, 9.17) is 4.74 Å². The van der Waals surface area contributed by atoms with Crippen LogP contribution in [0.2, 0.25) is 0 Å². The van der Waals surface area contributed by atoms with Crippen LogP contribution in [0.15, 0.2) is 12.3 Å². The molecule has 2 aromatic rings. The molecule has 0 radical (unpaired) electrons. The molecule has 0 bridgehead atoms. The fourth-order valence-electron chi connectivity index (χ4n) is 5.48. The first kappa shape index (κ1) is 25.5. The third-order valence-electron chi connectivity index (χ3n) is 6.90. The van der Waals surface area contributed by atoms with E-state index < -0.39 is 16.2 Å². The predicted molar refractivity (Wildman–Crippen MR) is 126 cm³/mol. The van der Waals surface area contributed by atoms with Crippen molar-refractivity contribution in [2.45, 2.75) is 64.3 Å². The molecular formula is C23H30N5NaO4S. The number of anilines is 2. The van der Waals surface area contributed by atoms with E-state index >= 15 is 0 Å². The number of carbonyl (C=O) groups excluding carboxylic acids is 1. The molecule has 5 rings (SSSR count). The van der Waals surface area contributed by atoms with Gasteiger partial charge in [-0.1, -0.05) is 6.07 Å². The minimum atomic E-state index is -4.29. The van der Waals surface area contributed by atoms with Gasteiger partial charge in [-0.05, 0) is 86.2 Å². The van der Waals surface area contributed by atoms with E-state index in [0.717, 1.165) is 55.3 Å². The number of hydrogen-bond donors (Lipinski definition) is 1. The summed E-state index contributed by atoms with van der Waals surface area (Å²) in [5.41, 5.74) is 6.62. The summed E-state index contributed by atoms with van der Waals surface area (Å²) in [4.78, 5) is 13.0. The van der Waals surface area contributed by atoms with E-state index in [0.29, 0.717) is 37.4 Å². The zero-order valence-corrected chi connectivity index (χ0v) is 22.9. The number of urea groups is 1. The SMILES string of the molecule is Cc1nn(C)cc1N(C1CCOCC1)S(=O)(=O)[N-]C(=O)Nc1c2c(cc3c1CCC3)CCC2.[Na+]. The molecule has 2 aliphatic carbocycles. The Hall–Kier alpha value is -1.59. The van der Waals surface area contributed by atoms with Crippen LogP contribution in [0.3, 0.4) is 0 Å². The van der Waals surface area contributed by atoms with Crippen molar-refractivity contribution < 1.29 is 47.5 Å². The fraction of sp³-hybridized carbons (Fsp3) is 0.565. The number of ether oxygens (including phenoxy) is 1. The molecule has 178 valence electrons. The molecule has 1 saturated heterocycles. The van der Waals surface area contributed by atoms with Crippen LogP contribution in [-0.2, 0) is 47.7 Å². The molecule has 0 spiro atoms. The Morgan fingerprint density at radius 3 is 2.32 bits per heavy atom. The third kappa shape index (κ3) is 4.88. The van der Waals surface area contributed by atoms with Gasteiger partial charge in [-0.3, -0.25) is 13.8 Å². The second kappa shape index (κ2) is 10.2. The number of rotatable bonds is 5. The summed E-state index contributed by atoms with van der Waals surface area (Å²) >= 11 is 0. The van der Waals surface area contributed by atoms with Gasteiger partial charge in [-0.25, -0.2) is 8.42 Å². The summed E-state index contributed by atoms with van der Waals surface area (Å²) in [6.45, 7) is 2.68. The molecule has 1 N–H and O–H groups in total. The number of nitrogens with zero attached hydrogens (tertiary/aromatic N) is 4. The van der Waals surface area contributed by atoms with Crippen LogP contribution >= 0.6 is 0 Å². The van der Waals surface area contributed by atoms with Crippen molar-refractivity contribution in [1.82, 2.24) is 9.78 Å². The summed E-state index contributed by atoms with van der Waals surface area (Å²) in [7, 11) is -2.55. The summed E-state index contributed by atoms with van der Waals surface area (Å²) < 4.78 is 38.9. The minimum absolute atomic E-state index is 0. The van der Waals surface area contributed by atoms with Gasteiger partial charge in [-0.2, -0.15) is 5.10 Å². The van der Waals surface area contributed by atoms with Gasteiger partial charge in [0.2, 0.25) is 0 Å². The molecule has 9 nitrogen and oxygen atoms in total. The van der Waals surface area contributed by atoms with E-state index in [2.05, 4.69) is 21.2 Å². The van der Waals surface area contributed by atoms with Crippen LogP contribution in [0.1, 0.15) is 53.6 Å². The average Bonchev–Trinajstić information content (AvgIpc) is 3.48. The molecule has 0 saturated carbocycles. The van der Waals surface area contributed by atoms with Gasteiger partial charge >= 0.3 is 29.6 Å². The Morgan fingerprint density at radius 2 is 1.76 bits per heavy atom. The van der Waals surface area contributed by atoms with Crippen LogP contribution in [0.25, 0.3) is 4.72 Å². The molecule has 2 heterocycles. The average molecular weight is 496 g/mol. The van der Waals surface area contributed by atoms with Crippen molar-refractivity contribution in [3.63, 3.8) is 0 Å². The summed E-state index contributed by atoms with van der Waals surface area (Å²) in [5, 5.41) is 7.17. The van der Waals surface area contributed by atoms with Crippen molar-refractivity contribution >= 4 is 27.6 Å². The second-order valence-corrected chi connectivity index (χ2v) is 10.6. The van der Waals surface area contributed by atoms with Crippen molar-refractivity contribution in [2.75, 3.05) is 22.8 Å². The Morgan fingerprint density at radius 1 is 1.15 bits per heavy atom. The van der Waals surface area contributed by atoms with Gasteiger partial charge in [-0.15, -0.1) is 0 Å². The van der Waals surface area contributed by atoms with Crippen molar-refractivity contribution in [1.29, 1.82) is 0 Å². The first-order valence-electron chi connectivity index (χ1n) is 11.7. The van der Waals surface area contributed by atoms with Crippen molar-refractivity contribution in [2.24, 2.45) is 7.05 Å². The standard InChI is InChI=1S/C23H31N5O4S.Na/c1-15-21(14-27(2)25-15)28(18-9-11-32-12-10-18)33(30,31)26-23(29)24-22-19-7-3-5-16(19)13-17-6-4-8-20(17)22;/h13-14,18H,3-12H2,1-2H3,(H2,24,26,29);/q;+1/p-1. The number of aryl methyl sites for hydroxylation is 4. The first-order valence-corrected chi connectivity index (χ1v) is 13.1. The monoisotopic (exact) mass is 495 g/mol. The van der Waals surface area contributed by atoms with E-state index in [1.54, 1.807) is 24.9 Å². The van der Waals surface area contributed by atoms with Gasteiger partial charge < -0.3 is 14.8 Å². The minimum Gasteiger partial charge on any atom is -0.423 e. The number of nitrogens with one attached hydrogen (secondary N) is 1. The smallest absolute Gasteiger partial charge is 0.423 e. The second-order valence-electron chi connectivity index (χ2n) is 9.15. The predicted octanol–water partition coefficient (Wildman–Crippen LogP) is 0.546. The molecule has 2 amide bonds. The molecule has 1 aliphatic heterocycles. The molecule has 11 heteroatoms. The van der Waals surface area contributed by atoms with E-state index in [9.17, 15) is 13.2 Å². The van der Waals surface area contributed by atoms with Gasteiger partial charge in [0.15, 0.2) is 6.03 Å². The Balaban J connectivity index is 0.00000274. The van der Waals surface area contributed by atoms with Crippen molar-refractivity contribution in [3.8, 4) is 0 Å². The number of carbonyl (C=O) groups is 1. The van der Waals surface area contributed by atoms with Crippen LogP contribution in [0, 0.1) is 6.92 Å². The van der Waals surface area contributed by atoms with Gasteiger partial charge in [0.05, 0.1) is 11.4 Å². The van der Waals surface area contributed by atoms with Gasteiger partial charge in [0.25, 0.3) is 10.2 Å². The fourth-order valence-corrected chi connectivity index (χ4v) is 6.84. The molecular weight excluding hydrogens is 465 g/mol. The third-order valence-corrected chi connectivity index (χ3v) is 8.29. The number of benzene rings is 1. The van der Waals surface area contributed by atoms with Crippen molar-refractivity contribution in [3.05, 3.63) is 44.9 Å². The quantitative estimate of drug-likeness (QED) is 0.610. The summed E-state index contributed by atoms with van der Waals surface area (Å²) in [6.07, 6.45) is 8.61. The van der Waals surface area contributed by atoms with E-state index in [-0.39, 0.29) is 35.6 Å². The zero-order chi connectivity index (χ0) is 23.2. The van der Waals surface area contributed by atoms with Gasteiger partial charge in [0.1, 0.15) is 0 Å². The Kier molecular flexibility index (Phi) is 7.64. The summed E-state index contributed by atoms with van der Waals surface area (Å²) in [6, 6.07) is 1.09. The molecule has 34 heavy (non-hydrogen) atoms. The first-order chi connectivity index (χ1) is 15.8. The molecule has 0 atom stereocenters. The molecule has 1 aromatic heterocycles. The Bertz CT molecular complexity index is 1160. The van der Waals surface area contributed by atoms with Crippen LogP contribution < -0.4 is 39.2 Å². The molecule has 1 aromatic carbocycles. The maximum atomic E-state index is 13.5. The largest absolute Gasteiger partial charge is 1.00 e. The van der Waals surface area contributed by atoms with Crippen LogP contribution in [0.4, 0.5) is 16.2 Å². The number of amides is 2. The number of hydrogen-bond acceptors (Lipinski definition) is 5. The van der Waals surface area contributed by atoms with E-state index in [1.807, 2.05) is 0 Å². The molecule has 3 aliphatic rings. The number of fused-ring (bicyclic) bond motifs is 2. The van der Waals surface area contributed by atoms with Crippen LogP contribution in [0.5, 0.6) is 0 Å².